The lowest BCUT2D eigenvalue weighted by molar-refractivity contribution is -0.278. The minimum absolute atomic E-state index is 0.00532. The van der Waals surface area contributed by atoms with E-state index in [0.717, 1.165) is 6.07 Å². The van der Waals surface area contributed by atoms with Crippen molar-refractivity contribution in [2.75, 3.05) is 6.61 Å². The Morgan fingerprint density at radius 3 is 2.52 bits per heavy atom. The average molecular weight is 643 g/mol. The van der Waals surface area contributed by atoms with E-state index >= 15 is 0 Å². The molecular weight excluding hydrogens is 604 g/mol. The molecule has 46 heavy (non-hydrogen) atoms. The fourth-order valence-corrected chi connectivity index (χ4v) is 6.06. The topological polar surface area (TPSA) is 210 Å². The molecule has 1 aliphatic carbocycles. The van der Waals surface area contributed by atoms with Gasteiger partial charge in [-0.1, -0.05) is 24.3 Å². The van der Waals surface area contributed by atoms with Crippen molar-refractivity contribution >= 4 is 17.5 Å². The van der Waals surface area contributed by atoms with Crippen molar-refractivity contribution in [3.05, 3.63) is 59.7 Å². The number of fused-ring (bicyclic) bond motifs is 1. The third-order valence-electron chi connectivity index (χ3n) is 8.55. The molecule has 13 heteroatoms. The van der Waals surface area contributed by atoms with E-state index in [4.69, 9.17) is 18.9 Å². The second-order valence-electron chi connectivity index (χ2n) is 11.9. The molecule has 1 saturated heterocycles. The highest BCUT2D eigenvalue weighted by molar-refractivity contribution is 6.02. The van der Waals surface area contributed by atoms with Gasteiger partial charge in [-0.05, 0) is 43.4 Å². The standard InChI is InChI=1S/C33H38O13/c1-16(34)3-2-4-21-18(7-10-22(21)36)11-28(39)43-15-27-30(40)31(41)32(42)33(46-27)44-20-12-23(37)29-24(38)14-25(45-26(29)13-20)17-5-8-19(35)9-6-17/h2-3,5-6,8-9,12-13,16,18,21,25,27,30-35,37,40-42H,4,7,10-11,14-15H2,1H3/b3-2-/t16-,18+,21+,25?,27?,30?,31?,32?,33?/m1/s1. The fourth-order valence-electron chi connectivity index (χ4n) is 6.06. The summed E-state index contributed by atoms with van der Waals surface area (Å²) < 4.78 is 22.7. The zero-order chi connectivity index (χ0) is 33.1. The summed E-state index contributed by atoms with van der Waals surface area (Å²) in [6.07, 6.45) is -4.93. The third-order valence-corrected chi connectivity index (χ3v) is 8.55. The molecule has 248 valence electrons. The quantitative estimate of drug-likeness (QED) is 0.162. The van der Waals surface area contributed by atoms with Gasteiger partial charge in [0.1, 0.15) is 71.5 Å². The highest BCUT2D eigenvalue weighted by Gasteiger charge is 2.46. The largest absolute Gasteiger partial charge is 0.508 e. The molecule has 3 aliphatic rings. The molecule has 2 aromatic carbocycles. The Hall–Kier alpha value is -4.01. The maximum atomic E-state index is 12.8. The molecule has 2 aromatic rings. The Morgan fingerprint density at radius 2 is 1.80 bits per heavy atom. The Labute approximate surface area is 264 Å². The molecule has 9 atom stereocenters. The molecule has 5 rings (SSSR count). The number of aliphatic hydroxyl groups is 4. The van der Waals surface area contributed by atoms with E-state index in [1.54, 1.807) is 31.2 Å². The van der Waals surface area contributed by atoms with E-state index in [-0.39, 0.29) is 59.1 Å². The highest BCUT2D eigenvalue weighted by atomic mass is 16.7. The monoisotopic (exact) mass is 642 g/mol. The number of phenols is 2. The molecule has 6 unspecified atom stereocenters. The van der Waals surface area contributed by atoms with Gasteiger partial charge in [0.25, 0.3) is 0 Å². The number of ketones is 2. The summed E-state index contributed by atoms with van der Waals surface area (Å²) in [7, 11) is 0. The van der Waals surface area contributed by atoms with Gasteiger partial charge in [-0.3, -0.25) is 14.4 Å². The first kappa shape index (κ1) is 33.4. The lowest BCUT2D eigenvalue weighted by atomic mass is 9.89. The molecule has 1 saturated carbocycles. The van der Waals surface area contributed by atoms with Crippen molar-refractivity contribution in [2.24, 2.45) is 11.8 Å². The summed E-state index contributed by atoms with van der Waals surface area (Å²) in [6.45, 7) is 1.11. The Bertz CT molecular complexity index is 1450. The lowest BCUT2D eigenvalue weighted by Crippen LogP contribution is -2.60. The second kappa shape index (κ2) is 14.2. The first-order valence-corrected chi connectivity index (χ1v) is 15.2. The number of hydrogen-bond acceptors (Lipinski definition) is 13. The smallest absolute Gasteiger partial charge is 0.306 e. The van der Waals surface area contributed by atoms with Gasteiger partial charge >= 0.3 is 5.97 Å². The van der Waals surface area contributed by atoms with E-state index in [0.29, 0.717) is 24.8 Å². The van der Waals surface area contributed by atoms with Crippen LogP contribution in [0.15, 0.2) is 48.6 Å². The van der Waals surface area contributed by atoms with Crippen LogP contribution in [-0.4, -0.2) is 91.6 Å². The van der Waals surface area contributed by atoms with Crippen LogP contribution in [0.5, 0.6) is 23.0 Å². The summed E-state index contributed by atoms with van der Waals surface area (Å²) in [5.74, 6) is -2.09. The van der Waals surface area contributed by atoms with Crippen molar-refractivity contribution in [1.29, 1.82) is 0 Å². The maximum Gasteiger partial charge on any atom is 0.306 e. The third kappa shape index (κ3) is 7.51. The Balaban J connectivity index is 1.22. The Kier molecular flexibility index (Phi) is 10.3. The zero-order valence-corrected chi connectivity index (χ0v) is 25.1. The van der Waals surface area contributed by atoms with Crippen LogP contribution in [0, 0.1) is 11.8 Å². The Morgan fingerprint density at radius 1 is 1.07 bits per heavy atom. The van der Waals surface area contributed by atoms with Gasteiger partial charge in [0.2, 0.25) is 6.29 Å². The zero-order valence-electron chi connectivity index (χ0n) is 25.1. The van der Waals surface area contributed by atoms with Crippen LogP contribution in [0.25, 0.3) is 0 Å². The average Bonchev–Trinajstić information content (AvgIpc) is 3.34. The van der Waals surface area contributed by atoms with Crippen LogP contribution >= 0.6 is 0 Å². The summed E-state index contributed by atoms with van der Waals surface area (Å²) in [5, 5.41) is 61.2. The highest BCUT2D eigenvalue weighted by Crippen LogP contribution is 2.43. The van der Waals surface area contributed by atoms with Crippen LogP contribution in [0.3, 0.4) is 0 Å². The van der Waals surface area contributed by atoms with Crippen LogP contribution in [0.2, 0.25) is 0 Å². The molecule has 0 aromatic heterocycles. The second-order valence-corrected chi connectivity index (χ2v) is 11.9. The van der Waals surface area contributed by atoms with Gasteiger partial charge in [0.05, 0.1) is 12.5 Å². The van der Waals surface area contributed by atoms with E-state index in [1.165, 1.54) is 18.2 Å². The van der Waals surface area contributed by atoms with E-state index in [9.17, 15) is 45.0 Å². The predicted molar refractivity (Wildman–Crippen MR) is 158 cm³/mol. The minimum atomic E-state index is -1.75. The first-order valence-electron chi connectivity index (χ1n) is 15.2. The normalized spacial score (nSPS) is 30.1. The van der Waals surface area contributed by atoms with Crippen LogP contribution in [-0.2, 0) is 19.1 Å². The number of phenolic OH excluding ortho intramolecular Hbond substituents is 2. The van der Waals surface area contributed by atoms with Crippen LogP contribution in [0.4, 0.5) is 0 Å². The number of esters is 1. The number of benzene rings is 2. The van der Waals surface area contributed by atoms with Gasteiger partial charge in [0.15, 0.2) is 5.78 Å². The molecule has 0 bridgehead atoms. The summed E-state index contributed by atoms with van der Waals surface area (Å²) in [4.78, 5) is 37.9. The fraction of sp³-hybridized carbons (Fsp3) is 0.485. The molecule has 2 heterocycles. The lowest BCUT2D eigenvalue weighted by Gasteiger charge is -2.40. The van der Waals surface area contributed by atoms with Crippen LogP contribution in [0.1, 0.15) is 61.1 Å². The number of Topliss-reactive ketones (excluding diaryl/α,β-unsaturated/α-hetero) is 2. The van der Waals surface area contributed by atoms with Crippen molar-refractivity contribution in [3.63, 3.8) is 0 Å². The summed E-state index contributed by atoms with van der Waals surface area (Å²) in [5.41, 5.74) is 0.560. The number of carbonyl (C=O) groups is 3. The molecule has 6 N–H and O–H groups in total. The number of hydrogen-bond donors (Lipinski definition) is 6. The number of rotatable bonds is 10. The SMILES string of the molecule is C[C@@H](O)/C=C\C[C@@H]1C(=O)CC[C@H]1CC(=O)OCC1OC(Oc2cc(O)c3c(c2)OC(c2ccc(O)cc2)CC3=O)C(O)C(O)C1O. The van der Waals surface area contributed by atoms with Crippen LogP contribution < -0.4 is 9.47 Å². The van der Waals surface area contributed by atoms with Crippen molar-refractivity contribution < 1.29 is 64.0 Å². The molecule has 13 nitrogen and oxygen atoms in total. The van der Waals surface area contributed by atoms with E-state index < -0.39 is 61.2 Å². The van der Waals surface area contributed by atoms with Crippen molar-refractivity contribution in [2.45, 2.75) is 81.9 Å². The van der Waals surface area contributed by atoms with E-state index in [1.807, 2.05) is 0 Å². The van der Waals surface area contributed by atoms with Gasteiger partial charge < -0.3 is 49.6 Å². The molecule has 0 spiro atoms. The summed E-state index contributed by atoms with van der Waals surface area (Å²) in [6, 6.07) is 8.56. The van der Waals surface area contributed by atoms with Gasteiger partial charge in [-0.15, -0.1) is 0 Å². The molecular formula is C33H38O13. The maximum absolute atomic E-state index is 12.8. The molecule has 2 fully saturated rings. The number of aromatic hydroxyl groups is 2. The van der Waals surface area contributed by atoms with Gasteiger partial charge in [0, 0.05) is 30.9 Å². The number of ether oxygens (including phenoxy) is 4. The van der Waals surface area contributed by atoms with Crippen molar-refractivity contribution in [1.82, 2.24) is 0 Å². The van der Waals surface area contributed by atoms with Crippen molar-refractivity contribution in [3.8, 4) is 23.0 Å². The predicted octanol–water partition coefficient (Wildman–Crippen LogP) is 1.85. The molecule has 0 amide bonds. The number of carbonyl (C=O) groups excluding carboxylic acids is 3. The molecule has 0 radical (unpaired) electrons. The summed E-state index contributed by atoms with van der Waals surface area (Å²) >= 11 is 0. The number of allylic oxidation sites excluding steroid dienone is 1. The molecule has 2 aliphatic heterocycles. The number of aliphatic hydroxyl groups excluding tert-OH is 4. The van der Waals surface area contributed by atoms with E-state index in [2.05, 4.69) is 0 Å². The van der Waals surface area contributed by atoms with Gasteiger partial charge in [-0.25, -0.2) is 0 Å². The van der Waals surface area contributed by atoms with Gasteiger partial charge in [-0.2, -0.15) is 0 Å². The first-order chi connectivity index (χ1) is 21.9. The minimum Gasteiger partial charge on any atom is -0.508 e.